The van der Waals surface area contributed by atoms with Gasteiger partial charge in [0.2, 0.25) is 4.77 Å². The fourth-order valence-electron chi connectivity index (χ4n) is 2.65. The molecule has 0 saturated heterocycles. The zero-order valence-corrected chi connectivity index (χ0v) is 14.5. The van der Waals surface area contributed by atoms with Gasteiger partial charge in [-0.25, -0.2) is 0 Å². The summed E-state index contributed by atoms with van der Waals surface area (Å²) in [7, 11) is 3.73. The number of hydrogen-bond donors (Lipinski definition) is 2. The first-order chi connectivity index (χ1) is 11.6. The number of fused-ring (bicyclic) bond motifs is 1. The van der Waals surface area contributed by atoms with Crippen molar-refractivity contribution in [3.8, 4) is 0 Å². The predicted octanol–water partition coefficient (Wildman–Crippen LogP) is 0.897. The Balaban J connectivity index is 1.70. The van der Waals surface area contributed by atoms with E-state index in [9.17, 15) is 4.79 Å². The Morgan fingerprint density at radius 3 is 2.67 bits per heavy atom. The Morgan fingerprint density at radius 1 is 1.25 bits per heavy atom. The van der Waals surface area contributed by atoms with Crippen molar-refractivity contribution in [2.45, 2.75) is 13.2 Å². The van der Waals surface area contributed by atoms with Crippen molar-refractivity contribution in [3.05, 3.63) is 64.6 Å². The number of benzene rings is 1. The summed E-state index contributed by atoms with van der Waals surface area (Å²) in [4.78, 5) is 12.8. The zero-order chi connectivity index (χ0) is 17.1. The van der Waals surface area contributed by atoms with Gasteiger partial charge in [0, 0.05) is 24.4 Å². The normalized spacial score (nSPS) is 12.2. The van der Waals surface area contributed by atoms with Crippen LogP contribution in [-0.2, 0) is 13.2 Å². The van der Waals surface area contributed by atoms with Crippen LogP contribution >= 0.6 is 12.2 Å². The lowest BCUT2D eigenvalue weighted by molar-refractivity contribution is -0.917. The number of carbonyl (C=O) groups is 1. The number of aromatic nitrogens is 3. The summed E-state index contributed by atoms with van der Waals surface area (Å²) in [6, 6.07) is 13.5. The smallest absolute Gasteiger partial charge is 0.251 e. The number of quaternary nitrogens is 1. The highest BCUT2D eigenvalue weighted by atomic mass is 32.1. The van der Waals surface area contributed by atoms with E-state index in [4.69, 9.17) is 12.2 Å². The van der Waals surface area contributed by atoms with Gasteiger partial charge in [0.15, 0.2) is 12.3 Å². The lowest BCUT2D eigenvalue weighted by Crippen LogP contribution is -3.07. The minimum atomic E-state index is -0.0711. The Morgan fingerprint density at radius 2 is 2.00 bits per heavy atom. The summed E-state index contributed by atoms with van der Waals surface area (Å²) in [5, 5.41) is 7.17. The van der Waals surface area contributed by atoms with Gasteiger partial charge in [-0.15, -0.1) is 5.10 Å². The minimum absolute atomic E-state index is 0.0711. The standard InChI is InChI=1S/C17H19N5OS/c1-18-16(23)14-8-6-13(7-9-14)11-20(2)12-22-17(24)21-10-4-3-5-15(21)19-22/h3-10H,11-12H2,1-2H3,(H,18,23)/p+1. The first kappa shape index (κ1) is 16.4. The van der Waals surface area contributed by atoms with E-state index in [0.717, 1.165) is 17.8 Å². The molecule has 7 heteroatoms. The third kappa shape index (κ3) is 3.37. The molecule has 0 spiro atoms. The molecule has 0 aliphatic heterocycles. The second-order valence-corrected chi connectivity index (χ2v) is 6.14. The third-order valence-electron chi connectivity index (χ3n) is 3.86. The van der Waals surface area contributed by atoms with Gasteiger partial charge in [0.05, 0.1) is 7.05 Å². The molecule has 1 atom stereocenters. The van der Waals surface area contributed by atoms with Crippen molar-refractivity contribution in [3.63, 3.8) is 0 Å². The first-order valence-electron chi connectivity index (χ1n) is 7.75. The number of nitrogens with one attached hydrogen (secondary N) is 2. The van der Waals surface area contributed by atoms with Gasteiger partial charge in [0.25, 0.3) is 5.91 Å². The molecule has 24 heavy (non-hydrogen) atoms. The molecule has 0 radical (unpaired) electrons. The molecule has 0 aliphatic rings. The van der Waals surface area contributed by atoms with E-state index in [2.05, 4.69) is 17.5 Å². The van der Waals surface area contributed by atoms with Crippen molar-refractivity contribution in [2.75, 3.05) is 14.1 Å². The predicted molar refractivity (Wildman–Crippen MR) is 94.4 cm³/mol. The molecule has 0 aliphatic carbocycles. The molecule has 2 aromatic heterocycles. The van der Waals surface area contributed by atoms with Gasteiger partial charge < -0.3 is 10.2 Å². The average molecular weight is 342 g/mol. The van der Waals surface area contributed by atoms with Crippen LogP contribution in [0.4, 0.5) is 0 Å². The molecule has 0 bridgehead atoms. The van der Waals surface area contributed by atoms with E-state index >= 15 is 0 Å². The van der Waals surface area contributed by atoms with E-state index in [0.29, 0.717) is 17.0 Å². The summed E-state index contributed by atoms with van der Waals surface area (Å²) in [5.74, 6) is -0.0711. The van der Waals surface area contributed by atoms with E-state index in [1.807, 2.05) is 57.7 Å². The lowest BCUT2D eigenvalue weighted by Gasteiger charge is -2.14. The quantitative estimate of drug-likeness (QED) is 0.678. The lowest BCUT2D eigenvalue weighted by atomic mass is 10.1. The highest BCUT2D eigenvalue weighted by molar-refractivity contribution is 7.71. The highest BCUT2D eigenvalue weighted by Gasteiger charge is 2.10. The highest BCUT2D eigenvalue weighted by Crippen LogP contribution is 2.04. The van der Waals surface area contributed by atoms with Crippen LogP contribution in [-0.4, -0.2) is 34.2 Å². The van der Waals surface area contributed by atoms with Crippen LogP contribution in [0.2, 0.25) is 0 Å². The Kier molecular flexibility index (Phi) is 4.73. The number of nitrogens with zero attached hydrogens (tertiary/aromatic N) is 3. The summed E-state index contributed by atoms with van der Waals surface area (Å²) in [6.45, 7) is 1.50. The fraction of sp³-hybridized carbons (Fsp3) is 0.235. The number of amides is 1. The van der Waals surface area contributed by atoms with E-state index in [-0.39, 0.29) is 5.91 Å². The molecule has 6 nitrogen and oxygen atoms in total. The molecule has 0 fully saturated rings. The molecule has 3 rings (SSSR count). The Labute approximate surface area is 145 Å². The topological polar surface area (TPSA) is 55.8 Å². The zero-order valence-electron chi connectivity index (χ0n) is 13.7. The summed E-state index contributed by atoms with van der Waals surface area (Å²) >= 11 is 5.47. The van der Waals surface area contributed by atoms with Gasteiger partial charge in [-0.1, -0.05) is 18.2 Å². The van der Waals surface area contributed by atoms with Crippen LogP contribution in [0.25, 0.3) is 5.65 Å². The fourth-order valence-corrected chi connectivity index (χ4v) is 2.91. The van der Waals surface area contributed by atoms with Crippen LogP contribution in [0.15, 0.2) is 48.7 Å². The average Bonchev–Trinajstić information content (AvgIpc) is 2.91. The maximum atomic E-state index is 11.6. The molecule has 3 aromatic rings. The van der Waals surface area contributed by atoms with Crippen molar-refractivity contribution in [2.24, 2.45) is 0 Å². The molecule has 1 amide bonds. The molecule has 0 saturated carbocycles. The second-order valence-electron chi connectivity index (χ2n) is 5.78. The SMILES string of the molecule is CNC(=O)c1ccc(C[NH+](C)Cn2nc3ccccn3c2=S)cc1. The molecule has 1 aromatic carbocycles. The van der Waals surface area contributed by atoms with E-state index < -0.39 is 0 Å². The number of carbonyl (C=O) groups excluding carboxylic acids is 1. The summed E-state index contributed by atoms with van der Waals surface area (Å²) in [5.41, 5.74) is 2.68. The molecule has 2 N–H and O–H groups in total. The first-order valence-corrected chi connectivity index (χ1v) is 8.16. The van der Waals surface area contributed by atoms with Gasteiger partial charge in [0.1, 0.15) is 6.54 Å². The van der Waals surface area contributed by atoms with Gasteiger partial charge in [-0.05, 0) is 36.5 Å². The van der Waals surface area contributed by atoms with Crippen LogP contribution in [0.1, 0.15) is 15.9 Å². The van der Waals surface area contributed by atoms with Gasteiger partial charge in [-0.3, -0.25) is 9.20 Å². The monoisotopic (exact) mass is 342 g/mol. The van der Waals surface area contributed by atoms with E-state index in [1.165, 1.54) is 4.90 Å². The van der Waals surface area contributed by atoms with Crippen molar-refractivity contribution in [1.82, 2.24) is 19.5 Å². The number of pyridine rings is 1. The second kappa shape index (κ2) is 6.94. The number of hydrogen-bond acceptors (Lipinski definition) is 3. The molecular formula is C17H20N5OS+. The van der Waals surface area contributed by atoms with Gasteiger partial charge >= 0.3 is 0 Å². The molecule has 1 unspecified atom stereocenters. The van der Waals surface area contributed by atoms with Crippen molar-refractivity contribution < 1.29 is 9.69 Å². The Hall–Kier alpha value is -2.51. The summed E-state index contributed by atoms with van der Waals surface area (Å²) < 4.78 is 4.44. The molecule has 124 valence electrons. The third-order valence-corrected chi connectivity index (χ3v) is 4.26. The summed E-state index contributed by atoms with van der Waals surface area (Å²) in [6.07, 6.45) is 1.92. The van der Waals surface area contributed by atoms with Gasteiger partial charge in [-0.2, -0.15) is 4.68 Å². The number of rotatable bonds is 5. The van der Waals surface area contributed by atoms with Crippen LogP contribution in [0, 0.1) is 4.77 Å². The molecular weight excluding hydrogens is 322 g/mol. The largest absolute Gasteiger partial charge is 0.355 e. The molecule has 2 heterocycles. The van der Waals surface area contributed by atoms with Crippen LogP contribution in [0.5, 0.6) is 0 Å². The van der Waals surface area contributed by atoms with Crippen molar-refractivity contribution >= 4 is 23.8 Å². The van der Waals surface area contributed by atoms with Crippen molar-refractivity contribution in [1.29, 1.82) is 0 Å². The maximum Gasteiger partial charge on any atom is 0.251 e. The maximum absolute atomic E-state index is 11.6. The Bertz CT molecular complexity index is 913. The van der Waals surface area contributed by atoms with Crippen LogP contribution < -0.4 is 10.2 Å². The van der Waals surface area contributed by atoms with E-state index in [1.54, 1.807) is 7.05 Å². The minimum Gasteiger partial charge on any atom is -0.355 e. The van der Waals surface area contributed by atoms with Crippen LogP contribution in [0.3, 0.4) is 0 Å².